The lowest BCUT2D eigenvalue weighted by Gasteiger charge is -2.18. The van der Waals surface area contributed by atoms with E-state index in [1.807, 2.05) is 25.1 Å². The molecule has 0 saturated heterocycles. The molecule has 0 fully saturated rings. The number of allylic oxidation sites excluding steroid dienone is 1. The molecule has 1 aromatic carbocycles. The van der Waals surface area contributed by atoms with Crippen LogP contribution in [0.3, 0.4) is 0 Å². The highest BCUT2D eigenvalue weighted by atomic mass is 16.7. The number of hydrogen-bond acceptors (Lipinski definition) is 5. The fourth-order valence-electron chi connectivity index (χ4n) is 2.20. The van der Waals surface area contributed by atoms with Gasteiger partial charge in [-0.15, -0.1) is 0 Å². The average molecular weight is 278 g/mol. The lowest BCUT2D eigenvalue weighted by molar-refractivity contribution is 0.171. The molecule has 1 aliphatic heterocycles. The molecule has 1 heterocycles. The van der Waals surface area contributed by atoms with Crippen molar-refractivity contribution < 1.29 is 14.2 Å². The lowest BCUT2D eigenvalue weighted by atomic mass is 10.1. The Hall–Kier alpha value is -1.72. The van der Waals surface area contributed by atoms with Gasteiger partial charge in [-0.05, 0) is 37.6 Å². The van der Waals surface area contributed by atoms with E-state index in [-0.39, 0.29) is 12.8 Å². The van der Waals surface area contributed by atoms with Crippen LogP contribution in [-0.4, -0.2) is 27.0 Å². The highest BCUT2D eigenvalue weighted by molar-refractivity contribution is 5.55. The van der Waals surface area contributed by atoms with E-state index in [9.17, 15) is 0 Å². The third kappa shape index (κ3) is 3.23. The monoisotopic (exact) mass is 278 g/mol. The maximum absolute atomic E-state index is 5.86. The summed E-state index contributed by atoms with van der Waals surface area (Å²) in [5.74, 6) is 2.07. The van der Waals surface area contributed by atoms with Crippen LogP contribution in [-0.2, 0) is 0 Å². The smallest absolute Gasteiger partial charge is 0.231 e. The minimum Gasteiger partial charge on any atom is -0.493 e. The Morgan fingerprint density at radius 1 is 1.45 bits per heavy atom. The standard InChI is InChI=1S/C15H22N2O3/c1-3-4-5-6-17-12(9-16)11-7-13(18-2)15-14(8-11)19-10-20-15/h3-4,7-8,12,17H,5-6,9-10,16H2,1-2H3/b4-3+. The van der Waals surface area contributed by atoms with Gasteiger partial charge in [0.2, 0.25) is 12.5 Å². The van der Waals surface area contributed by atoms with Gasteiger partial charge in [0.05, 0.1) is 7.11 Å². The van der Waals surface area contributed by atoms with Gasteiger partial charge < -0.3 is 25.3 Å². The van der Waals surface area contributed by atoms with Gasteiger partial charge >= 0.3 is 0 Å². The molecule has 1 atom stereocenters. The van der Waals surface area contributed by atoms with Crippen LogP contribution >= 0.6 is 0 Å². The highest BCUT2D eigenvalue weighted by Gasteiger charge is 2.22. The van der Waals surface area contributed by atoms with E-state index >= 15 is 0 Å². The molecule has 2 rings (SSSR count). The molecule has 1 aromatic rings. The van der Waals surface area contributed by atoms with E-state index in [2.05, 4.69) is 11.4 Å². The first-order valence-electron chi connectivity index (χ1n) is 6.82. The SMILES string of the molecule is C/C=C/CCNC(CN)c1cc(OC)c2c(c1)OCO2. The fraction of sp³-hybridized carbons (Fsp3) is 0.467. The fourth-order valence-corrected chi connectivity index (χ4v) is 2.20. The van der Waals surface area contributed by atoms with Gasteiger partial charge in [0.25, 0.3) is 0 Å². The molecule has 0 aliphatic carbocycles. The predicted octanol–water partition coefficient (Wildman–Crippen LogP) is 1.98. The van der Waals surface area contributed by atoms with E-state index in [4.69, 9.17) is 19.9 Å². The molecule has 0 spiro atoms. The maximum Gasteiger partial charge on any atom is 0.231 e. The second kappa shape index (κ2) is 7.17. The number of nitrogens with one attached hydrogen (secondary N) is 1. The molecule has 0 radical (unpaired) electrons. The van der Waals surface area contributed by atoms with Crippen molar-refractivity contribution in [2.75, 3.05) is 27.0 Å². The molecule has 3 N–H and O–H groups in total. The average Bonchev–Trinajstić information content (AvgIpc) is 2.94. The molecule has 0 bridgehead atoms. The highest BCUT2D eigenvalue weighted by Crippen LogP contribution is 2.42. The molecule has 5 heteroatoms. The van der Waals surface area contributed by atoms with Crippen molar-refractivity contribution in [3.8, 4) is 17.2 Å². The van der Waals surface area contributed by atoms with Crippen molar-refractivity contribution in [2.45, 2.75) is 19.4 Å². The first-order chi connectivity index (χ1) is 9.80. The quantitative estimate of drug-likeness (QED) is 0.590. The third-order valence-electron chi connectivity index (χ3n) is 3.26. The summed E-state index contributed by atoms with van der Waals surface area (Å²) >= 11 is 0. The molecule has 0 amide bonds. The van der Waals surface area contributed by atoms with Crippen molar-refractivity contribution in [1.82, 2.24) is 5.32 Å². The van der Waals surface area contributed by atoms with E-state index in [0.29, 0.717) is 23.8 Å². The van der Waals surface area contributed by atoms with Crippen molar-refractivity contribution in [3.63, 3.8) is 0 Å². The lowest BCUT2D eigenvalue weighted by Crippen LogP contribution is -2.28. The Kier molecular flexibility index (Phi) is 5.26. The second-order valence-electron chi connectivity index (χ2n) is 4.56. The third-order valence-corrected chi connectivity index (χ3v) is 3.26. The number of hydrogen-bond donors (Lipinski definition) is 2. The number of fused-ring (bicyclic) bond motifs is 1. The van der Waals surface area contributed by atoms with Crippen molar-refractivity contribution in [1.29, 1.82) is 0 Å². The van der Waals surface area contributed by atoms with Crippen LogP contribution in [0.1, 0.15) is 24.9 Å². The van der Waals surface area contributed by atoms with Crippen LogP contribution in [0.5, 0.6) is 17.2 Å². The maximum atomic E-state index is 5.86. The van der Waals surface area contributed by atoms with E-state index in [0.717, 1.165) is 18.5 Å². The second-order valence-corrected chi connectivity index (χ2v) is 4.56. The first kappa shape index (κ1) is 14.7. The molecular weight excluding hydrogens is 256 g/mol. The van der Waals surface area contributed by atoms with Gasteiger partial charge in [-0.3, -0.25) is 0 Å². The van der Waals surface area contributed by atoms with Gasteiger partial charge in [0.15, 0.2) is 11.5 Å². The van der Waals surface area contributed by atoms with E-state index < -0.39 is 0 Å². The zero-order valence-corrected chi connectivity index (χ0v) is 12.0. The van der Waals surface area contributed by atoms with Crippen LogP contribution < -0.4 is 25.3 Å². The van der Waals surface area contributed by atoms with Gasteiger partial charge in [-0.2, -0.15) is 0 Å². The van der Waals surface area contributed by atoms with Crippen LogP contribution in [0.4, 0.5) is 0 Å². The van der Waals surface area contributed by atoms with Crippen molar-refractivity contribution in [3.05, 3.63) is 29.8 Å². The zero-order chi connectivity index (χ0) is 14.4. The molecule has 0 saturated carbocycles. The van der Waals surface area contributed by atoms with Crippen LogP contribution in [0.2, 0.25) is 0 Å². The molecule has 110 valence electrons. The number of rotatable bonds is 7. The summed E-state index contributed by atoms with van der Waals surface area (Å²) in [5, 5.41) is 3.43. The number of benzene rings is 1. The van der Waals surface area contributed by atoms with Gasteiger partial charge in [-0.25, -0.2) is 0 Å². The summed E-state index contributed by atoms with van der Waals surface area (Å²) in [7, 11) is 1.62. The Bertz CT molecular complexity index is 474. The molecule has 20 heavy (non-hydrogen) atoms. The summed E-state index contributed by atoms with van der Waals surface area (Å²) in [6.45, 7) is 3.64. The Morgan fingerprint density at radius 2 is 2.30 bits per heavy atom. The Morgan fingerprint density at radius 3 is 3.00 bits per heavy atom. The van der Waals surface area contributed by atoms with E-state index in [1.54, 1.807) is 7.11 Å². The van der Waals surface area contributed by atoms with Crippen LogP contribution in [0.25, 0.3) is 0 Å². The van der Waals surface area contributed by atoms with Crippen molar-refractivity contribution in [2.24, 2.45) is 5.73 Å². The van der Waals surface area contributed by atoms with Gasteiger partial charge in [0, 0.05) is 12.6 Å². The normalized spacial score (nSPS) is 14.8. The van der Waals surface area contributed by atoms with Crippen LogP contribution in [0, 0.1) is 0 Å². The predicted molar refractivity (Wildman–Crippen MR) is 78.3 cm³/mol. The van der Waals surface area contributed by atoms with Crippen LogP contribution in [0.15, 0.2) is 24.3 Å². The molecular formula is C15H22N2O3. The molecule has 1 aliphatic rings. The van der Waals surface area contributed by atoms with Gasteiger partial charge in [-0.1, -0.05) is 12.2 Å². The Balaban J connectivity index is 2.13. The summed E-state index contributed by atoms with van der Waals surface area (Å²) in [4.78, 5) is 0. The van der Waals surface area contributed by atoms with Crippen molar-refractivity contribution >= 4 is 0 Å². The van der Waals surface area contributed by atoms with E-state index in [1.165, 1.54) is 0 Å². The molecule has 5 nitrogen and oxygen atoms in total. The number of methoxy groups -OCH3 is 1. The zero-order valence-electron chi connectivity index (χ0n) is 12.0. The summed E-state index contributed by atoms with van der Waals surface area (Å²) in [6, 6.07) is 3.99. The topological polar surface area (TPSA) is 65.7 Å². The largest absolute Gasteiger partial charge is 0.493 e. The minimum absolute atomic E-state index is 0.0728. The number of ether oxygens (including phenoxy) is 3. The first-order valence-corrected chi connectivity index (χ1v) is 6.82. The Labute approximate surface area is 119 Å². The molecule has 0 aromatic heterocycles. The number of nitrogens with two attached hydrogens (primary N) is 1. The summed E-state index contributed by atoms with van der Waals surface area (Å²) in [6.07, 6.45) is 5.15. The molecule has 1 unspecified atom stereocenters. The summed E-state index contributed by atoms with van der Waals surface area (Å²) in [5.41, 5.74) is 6.91. The van der Waals surface area contributed by atoms with Gasteiger partial charge in [0.1, 0.15) is 0 Å². The summed E-state index contributed by atoms with van der Waals surface area (Å²) < 4.78 is 16.2. The minimum atomic E-state index is 0.0728.